The van der Waals surface area contributed by atoms with E-state index in [2.05, 4.69) is 5.32 Å². The molecule has 0 aromatic carbocycles. The van der Waals surface area contributed by atoms with Gasteiger partial charge in [-0.1, -0.05) is 11.8 Å². The molecule has 0 aliphatic heterocycles. The lowest BCUT2D eigenvalue weighted by Crippen LogP contribution is -2.44. The number of rotatable bonds is 8. The van der Waals surface area contributed by atoms with Crippen molar-refractivity contribution in [2.75, 3.05) is 39.5 Å². The van der Waals surface area contributed by atoms with Crippen LogP contribution in [0.15, 0.2) is 0 Å². The molecule has 6 heteroatoms. The van der Waals surface area contributed by atoms with E-state index in [1.807, 2.05) is 19.0 Å². The Balaban J connectivity index is 4.36. The number of hydrogen-bond acceptors (Lipinski definition) is 6. The Morgan fingerprint density at radius 2 is 2.12 bits per heavy atom. The average molecular weight is 262 g/mol. The molecule has 5 nitrogen and oxygen atoms in total. The highest BCUT2D eigenvalue weighted by atomic mass is 32.2. The van der Waals surface area contributed by atoms with E-state index in [-0.39, 0.29) is 17.1 Å². The zero-order chi connectivity index (χ0) is 13.3. The van der Waals surface area contributed by atoms with Gasteiger partial charge in [0.2, 0.25) is 0 Å². The van der Waals surface area contributed by atoms with E-state index in [1.165, 1.54) is 6.92 Å². The molecule has 0 spiro atoms. The van der Waals surface area contributed by atoms with Gasteiger partial charge in [0, 0.05) is 25.8 Å². The first-order valence-electron chi connectivity index (χ1n) is 5.67. The first kappa shape index (κ1) is 16.4. The van der Waals surface area contributed by atoms with Crippen molar-refractivity contribution in [3.63, 3.8) is 0 Å². The number of carbonyl (C=O) groups is 2. The summed E-state index contributed by atoms with van der Waals surface area (Å²) >= 11 is 1.15. The fourth-order valence-corrected chi connectivity index (χ4v) is 2.04. The molecule has 0 amide bonds. The van der Waals surface area contributed by atoms with Crippen molar-refractivity contribution in [1.29, 1.82) is 0 Å². The molecule has 0 heterocycles. The molecule has 0 bridgehead atoms. The normalized spacial score (nSPS) is 12.5. The van der Waals surface area contributed by atoms with Crippen LogP contribution in [0.4, 0.5) is 0 Å². The largest absolute Gasteiger partial charge is 0.465 e. The van der Waals surface area contributed by atoms with Gasteiger partial charge in [-0.2, -0.15) is 0 Å². The lowest BCUT2D eigenvalue weighted by Gasteiger charge is -2.25. The SMILES string of the molecule is CCOC(=O)[C@@H](CSC(C)=O)N(C)CCNC. The van der Waals surface area contributed by atoms with Crippen LogP contribution in [-0.4, -0.2) is 61.6 Å². The molecular weight excluding hydrogens is 240 g/mol. The maximum Gasteiger partial charge on any atom is 0.324 e. The second-order valence-electron chi connectivity index (χ2n) is 3.65. The maximum atomic E-state index is 11.8. The summed E-state index contributed by atoms with van der Waals surface area (Å²) in [6, 6.07) is -0.364. The van der Waals surface area contributed by atoms with Crippen molar-refractivity contribution in [2.45, 2.75) is 19.9 Å². The van der Waals surface area contributed by atoms with Crippen LogP contribution in [0.3, 0.4) is 0 Å². The van der Waals surface area contributed by atoms with Crippen LogP contribution >= 0.6 is 11.8 Å². The van der Waals surface area contributed by atoms with E-state index >= 15 is 0 Å². The quantitative estimate of drug-likeness (QED) is 0.637. The van der Waals surface area contributed by atoms with Gasteiger partial charge in [-0.3, -0.25) is 14.5 Å². The van der Waals surface area contributed by atoms with Crippen LogP contribution < -0.4 is 5.32 Å². The lowest BCUT2D eigenvalue weighted by molar-refractivity contribution is -0.148. The molecule has 0 rings (SSSR count). The monoisotopic (exact) mass is 262 g/mol. The van der Waals surface area contributed by atoms with E-state index in [4.69, 9.17) is 4.74 Å². The second-order valence-corrected chi connectivity index (χ2v) is 4.85. The summed E-state index contributed by atoms with van der Waals surface area (Å²) < 4.78 is 5.01. The van der Waals surface area contributed by atoms with Crippen molar-refractivity contribution in [3.05, 3.63) is 0 Å². The minimum absolute atomic E-state index is 0.0151. The number of esters is 1. The molecule has 100 valence electrons. The van der Waals surface area contributed by atoms with Crippen LogP contribution in [0.1, 0.15) is 13.8 Å². The molecule has 0 fully saturated rings. The third-order valence-electron chi connectivity index (χ3n) is 2.25. The first-order valence-corrected chi connectivity index (χ1v) is 6.66. The first-order chi connectivity index (χ1) is 8.02. The zero-order valence-electron chi connectivity index (χ0n) is 11.0. The highest BCUT2D eigenvalue weighted by molar-refractivity contribution is 8.13. The number of hydrogen-bond donors (Lipinski definition) is 1. The summed E-state index contributed by atoms with van der Waals surface area (Å²) in [4.78, 5) is 24.6. The third kappa shape index (κ3) is 7.36. The molecular formula is C11H22N2O3S. The summed E-state index contributed by atoms with van der Waals surface area (Å²) in [6.45, 7) is 5.16. The Labute approximate surface area is 107 Å². The van der Waals surface area contributed by atoms with Gasteiger partial charge in [-0.25, -0.2) is 0 Å². The maximum absolute atomic E-state index is 11.8. The molecule has 0 unspecified atom stereocenters. The van der Waals surface area contributed by atoms with Crippen LogP contribution in [0.2, 0.25) is 0 Å². The Kier molecular flexibility index (Phi) is 9.11. The third-order valence-corrected chi connectivity index (χ3v) is 3.14. The summed E-state index contributed by atoms with van der Waals surface area (Å²) in [5.74, 6) is 0.175. The number of ether oxygens (including phenoxy) is 1. The van der Waals surface area contributed by atoms with E-state index < -0.39 is 0 Å². The van der Waals surface area contributed by atoms with Crippen LogP contribution in [0, 0.1) is 0 Å². The van der Waals surface area contributed by atoms with Crippen molar-refractivity contribution in [3.8, 4) is 0 Å². The van der Waals surface area contributed by atoms with E-state index in [0.717, 1.165) is 24.9 Å². The van der Waals surface area contributed by atoms with Gasteiger partial charge >= 0.3 is 5.97 Å². The van der Waals surface area contributed by atoms with Gasteiger partial charge in [0.05, 0.1) is 6.61 Å². The number of thioether (sulfide) groups is 1. The zero-order valence-corrected chi connectivity index (χ0v) is 11.8. The summed E-state index contributed by atoms with van der Waals surface area (Å²) in [6.07, 6.45) is 0. The van der Waals surface area contributed by atoms with Crippen molar-refractivity contribution in [2.24, 2.45) is 0 Å². The molecule has 0 radical (unpaired) electrons. The lowest BCUT2D eigenvalue weighted by atomic mass is 10.3. The Hall–Kier alpha value is -0.590. The molecule has 0 aliphatic carbocycles. The molecule has 17 heavy (non-hydrogen) atoms. The van der Waals surface area contributed by atoms with Crippen LogP contribution in [-0.2, 0) is 14.3 Å². The van der Waals surface area contributed by atoms with Crippen LogP contribution in [0.25, 0.3) is 0 Å². The molecule has 1 N–H and O–H groups in total. The van der Waals surface area contributed by atoms with Gasteiger partial charge in [0.15, 0.2) is 5.12 Å². The average Bonchev–Trinajstić information content (AvgIpc) is 2.26. The Morgan fingerprint density at radius 3 is 2.59 bits per heavy atom. The number of carbonyl (C=O) groups excluding carboxylic acids is 2. The highest BCUT2D eigenvalue weighted by Crippen LogP contribution is 2.10. The summed E-state index contributed by atoms with van der Waals surface area (Å²) in [7, 11) is 3.72. The standard InChI is InChI=1S/C11H22N2O3S/c1-5-16-11(15)10(8-17-9(2)14)13(4)7-6-12-3/h10,12H,5-8H2,1-4H3/t10-/m1/s1. The van der Waals surface area contributed by atoms with Crippen molar-refractivity contribution < 1.29 is 14.3 Å². The smallest absolute Gasteiger partial charge is 0.324 e. The fraction of sp³-hybridized carbons (Fsp3) is 0.818. The Bertz CT molecular complexity index is 249. The van der Waals surface area contributed by atoms with E-state index in [1.54, 1.807) is 6.92 Å². The predicted molar refractivity (Wildman–Crippen MR) is 70.1 cm³/mol. The van der Waals surface area contributed by atoms with Gasteiger partial charge < -0.3 is 10.1 Å². The predicted octanol–water partition coefficient (Wildman–Crippen LogP) is 0.349. The van der Waals surface area contributed by atoms with E-state index in [0.29, 0.717) is 12.4 Å². The molecule has 0 saturated carbocycles. The number of nitrogens with zero attached hydrogens (tertiary/aromatic N) is 1. The van der Waals surface area contributed by atoms with Gasteiger partial charge in [-0.05, 0) is 21.0 Å². The second kappa shape index (κ2) is 9.44. The van der Waals surface area contributed by atoms with Crippen molar-refractivity contribution >= 4 is 22.8 Å². The number of nitrogens with one attached hydrogen (secondary N) is 1. The minimum atomic E-state index is -0.364. The molecule has 0 aromatic rings. The topological polar surface area (TPSA) is 58.6 Å². The fourth-order valence-electron chi connectivity index (χ4n) is 1.25. The molecule has 0 aliphatic rings. The summed E-state index contributed by atoms with van der Waals surface area (Å²) in [5, 5.41) is 3.04. The van der Waals surface area contributed by atoms with Gasteiger partial charge in [0.1, 0.15) is 6.04 Å². The van der Waals surface area contributed by atoms with E-state index in [9.17, 15) is 9.59 Å². The summed E-state index contributed by atoms with van der Waals surface area (Å²) in [5.41, 5.74) is 0. The molecule has 0 aromatic heterocycles. The number of likely N-dealkylation sites (N-methyl/N-ethyl adjacent to an activating group) is 2. The molecule has 1 atom stereocenters. The Morgan fingerprint density at radius 1 is 1.47 bits per heavy atom. The van der Waals surface area contributed by atoms with Gasteiger partial charge in [-0.15, -0.1) is 0 Å². The molecule has 0 saturated heterocycles. The van der Waals surface area contributed by atoms with Gasteiger partial charge in [0.25, 0.3) is 0 Å². The van der Waals surface area contributed by atoms with Crippen LogP contribution in [0.5, 0.6) is 0 Å². The van der Waals surface area contributed by atoms with Crippen molar-refractivity contribution in [1.82, 2.24) is 10.2 Å². The minimum Gasteiger partial charge on any atom is -0.465 e. The highest BCUT2D eigenvalue weighted by Gasteiger charge is 2.24.